The van der Waals surface area contributed by atoms with Crippen LogP contribution in [0.2, 0.25) is 0 Å². The van der Waals surface area contributed by atoms with E-state index in [0.29, 0.717) is 13.2 Å². The Hall–Kier alpha value is -1.77. The molecule has 0 atom stereocenters. The molecule has 0 amide bonds. The van der Waals surface area contributed by atoms with Crippen molar-refractivity contribution in [3.8, 4) is 0 Å². The minimum atomic E-state index is -0.400. The molecule has 16 heavy (non-hydrogen) atoms. The highest BCUT2D eigenvalue weighted by molar-refractivity contribution is 5.81. The molecule has 0 radical (unpaired) electrons. The van der Waals surface area contributed by atoms with Gasteiger partial charge in [-0.05, 0) is 13.0 Å². The third-order valence-electron chi connectivity index (χ3n) is 1.98. The van der Waals surface area contributed by atoms with Crippen LogP contribution in [0.25, 0.3) is 0 Å². The summed E-state index contributed by atoms with van der Waals surface area (Å²) in [4.78, 5) is 12.8. The Morgan fingerprint density at radius 2 is 2.12 bits per heavy atom. The van der Waals surface area contributed by atoms with Crippen molar-refractivity contribution >= 4 is 5.97 Å². The first-order valence-corrected chi connectivity index (χ1v) is 5.17. The normalized spacial score (nSPS) is 9.81. The second-order valence-electron chi connectivity index (χ2n) is 3.04. The molecule has 0 aliphatic carbocycles. The molecule has 88 valence electrons. The van der Waals surface area contributed by atoms with Crippen LogP contribution >= 0.6 is 0 Å². The van der Waals surface area contributed by atoms with Gasteiger partial charge >= 0.3 is 5.97 Å². The van der Waals surface area contributed by atoms with Gasteiger partial charge in [-0.25, -0.2) is 4.79 Å². The van der Waals surface area contributed by atoms with E-state index in [1.807, 2.05) is 24.0 Å². The van der Waals surface area contributed by atoms with Crippen LogP contribution in [0.15, 0.2) is 49.7 Å². The molecule has 0 heterocycles. The lowest BCUT2D eigenvalue weighted by molar-refractivity contribution is -0.138. The van der Waals surface area contributed by atoms with Gasteiger partial charge in [0.05, 0.1) is 6.54 Å². The van der Waals surface area contributed by atoms with E-state index >= 15 is 0 Å². The fourth-order valence-corrected chi connectivity index (χ4v) is 1.10. The van der Waals surface area contributed by atoms with Crippen molar-refractivity contribution in [2.45, 2.75) is 6.92 Å². The summed E-state index contributed by atoms with van der Waals surface area (Å²) in [5, 5.41) is 0. The van der Waals surface area contributed by atoms with Crippen molar-refractivity contribution in [2.24, 2.45) is 0 Å². The fraction of sp³-hybridized carbons (Fsp3) is 0.308. The van der Waals surface area contributed by atoms with Crippen molar-refractivity contribution in [1.82, 2.24) is 4.90 Å². The van der Waals surface area contributed by atoms with Crippen LogP contribution in [0.4, 0.5) is 0 Å². The van der Waals surface area contributed by atoms with E-state index < -0.39 is 5.97 Å². The largest absolute Gasteiger partial charge is 0.461 e. The molecule has 0 aromatic carbocycles. The standard InChI is InChI=1S/C13H19NO2/c1-5-8-9-12(4)14(7-3)10-11-16-13(15)6-2/h5-6,8-9H,1-2,4,7,10-11H2,3H3/b9-8-. The summed E-state index contributed by atoms with van der Waals surface area (Å²) >= 11 is 0. The van der Waals surface area contributed by atoms with Crippen LogP contribution in [-0.2, 0) is 9.53 Å². The number of ether oxygens (including phenoxy) is 1. The van der Waals surface area contributed by atoms with E-state index in [1.54, 1.807) is 6.08 Å². The molecule has 0 aromatic heterocycles. The average Bonchev–Trinajstić information content (AvgIpc) is 2.31. The number of hydrogen-bond acceptors (Lipinski definition) is 3. The van der Waals surface area contributed by atoms with Gasteiger partial charge in [-0.2, -0.15) is 0 Å². The Balaban J connectivity index is 4.04. The quantitative estimate of drug-likeness (QED) is 0.358. The predicted molar refractivity (Wildman–Crippen MR) is 66.9 cm³/mol. The fourth-order valence-electron chi connectivity index (χ4n) is 1.10. The number of likely N-dealkylation sites (N-methyl/N-ethyl adjacent to an activating group) is 1. The summed E-state index contributed by atoms with van der Waals surface area (Å²) in [7, 11) is 0. The zero-order chi connectivity index (χ0) is 12.4. The summed E-state index contributed by atoms with van der Waals surface area (Å²) in [6.07, 6.45) is 6.53. The van der Waals surface area contributed by atoms with Gasteiger partial charge in [0.15, 0.2) is 0 Å². The minimum Gasteiger partial charge on any atom is -0.461 e. The van der Waals surface area contributed by atoms with E-state index in [1.165, 1.54) is 0 Å². The molecule has 0 aromatic rings. The van der Waals surface area contributed by atoms with Gasteiger partial charge in [-0.1, -0.05) is 31.9 Å². The van der Waals surface area contributed by atoms with Crippen LogP contribution < -0.4 is 0 Å². The zero-order valence-corrected chi connectivity index (χ0v) is 9.82. The number of nitrogens with zero attached hydrogens (tertiary/aromatic N) is 1. The topological polar surface area (TPSA) is 29.5 Å². The van der Waals surface area contributed by atoms with Gasteiger partial charge in [0, 0.05) is 18.3 Å². The number of allylic oxidation sites excluding steroid dienone is 3. The summed E-state index contributed by atoms with van der Waals surface area (Å²) in [6.45, 7) is 14.6. The molecule has 3 heteroatoms. The van der Waals surface area contributed by atoms with Crippen LogP contribution in [0, 0.1) is 0 Å². The molecule has 0 saturated carbocycles. The van der Waals surface area contributed by atoms with E-state index in [4.69, 9.17) is 4.74 Å². The lowest BCUT2D eigenvalue weighted by atomic mass is 10.3. The zero-order valence-electron chi connectivity index (χ0n) is 9.82. The second-order valence-corrected chi connectivity index (χ2v) is 3.04. The van der Waals surface area contributed by atoms with Crippen molar-refractivity contribution in [2.75, 3.05) is 19.7 Å². The van der Waals surface area contributed by atoms with Gasteiger partial charge < -0.3 is 9.64 Å². The molecular weight excluding hydrogens is 202 g/mol. The van der Waals surface area contributed by atoms with Crippen molar-refractivity contribution < 1.29 is 9.53 Å². The monoisotopic (exact) mass is 221 g/mol. The van der Waals surface area contributed by atoms with E-state index in [9.17, 15) is 4.79 Å². The first-order valence-electron chi connectivity index (χ1n) is 5.17. The molecule has 0 unspecified atom stereocenters. The number of rotatable bonds is 8. The molecule has 0 aliphatic rings. The first-order chi connectivity index (χ1) is 7.65. The number of esters is 1. The molecule has 0 rings (SSSR count). The Morgan fingerprint density at radius 1 is 1.44 bits per heavy atom. The average molecular weight is 221 g/mol. The van der Waals surface area contributed by atoms with Gasteiger partial charge in [-0.3, -0.25) is 0 Å². The molecule has 0 spiro atoms. The molecule has 0 fully saturated rings. The predicted octanol–water partition coefficient (Wildman–Crippen LogP) is 2.29. The van der Waals surface area contributed by atoms with Crippen molar-refractivity contribution in [3.05, 3.63) is 49.7 Å². The minimum absolute atomic E-state index is 0.333. The second kappa shape index (κ2) is 8.53. The van der Waals surface area contributed by atoms with Crippen LogP contribution in [-0.4, -0.2) is 30.6 Å². The summed E-state index contributed by atoms with van der Waals surface area (Å²) < 4.78 is 4.89. The Kier molecular flexibility index (Phi) is 7.59. The Labute approximate surface area is 97.4 Å². The Morgan fingerprint density at radius 3 is 2.62 bits per heavy atom. The van der Waals surface area contributed by atoms with Gasteiger partial charge in [0.2, 0.25) is 0 Å². The summed E-state index contributed by atoms with van der Waals surface area (Å²) in [6, 6.07) is 0. The first kappa shape index (κ1) is 14.2. The third-order valence-corrected chi connectivity index (χ3v) is 1.98. The molecule has 0 saturated heterocycles. The lowest BCUT2D eigenvalue weighted by Crippen LogP contribution is -2.26. The number of carbonyl (C=O) groups excluding carboxylic acids is 1. The number of hydrogen-bond donors (Lipinski definition) is 0. The van der Waals surface area contributed by atoms with E-state index in [2.05, 4.69) is 19.7 Å². The maximum absolute atomic E-state index is 10.8. The SMILES string of the molecule is C=C/C=C\C(=C)N(CC)CCOC(=O)C=C. The molecule has 0 aliphatic heterocycles. The van der Waals surface area contributed by atoms with Crippen LogP contribution in [0.1, 0.15) is 6.92 Å². The van der Waals surface area contributed by atoms with Gasteiger partial charge in [0.1, 0.15) is 6.61 Å². The maximum Gasteiger partial charge on any atom is 0.330 e. The molecular formula is C13H19NO2. The number of carbonyl (C=O) groups is 1. The van der Waals surface area contributed by atoms with Gasteiger partial charge in [-0.15, -0.1) is 0 Å². The van der Waals surface area contributed by atoms with E-state index in [-0.39, 0.29) is 0 Å². The summed E-state index contributed by atoms with van der Waals surface area (Å²) in [5.41, 5.74) is 0.872. The maximum atomic E-state index is 10.8. The molecule has 0 N–H and O–H groups in total. The van der Waals surface area contributed by atoms with E-state index in [0.717, 1.165) is 18.3 Å². The highest BCUT2D eigenvalue weighted by Crippen LogP contribution is 2.03. The smallest absolute Gasteiger partial charge is 0.330 e. The van der Waals surface area contributed by atoms with Crippen LogP contribution in [0.5, 0.6) is 0 Å². The molecule has 3 nitrogen and oxygen atoms in total. The van der Waals surface area contributed by atoms with Gasteiger partial charge in [0.25, 0.3) is 0 Å². The third kappa shape index (κ3) is 5.86. The Bertz CT molecular complexity index is 292. The molecule has 0 bridgehead atoms. The summed E-state index contributed by atoms with van der Waals surface area (Å²) in [5.74, 6) is -0.400. The van der Waals surface area contributed by atoms with Crippen LogP contribution in [0.3, 0.4) is 0 Å². The highest BCUT2D eigenvalue weighted by atomic mass is 16.5. The van der Waals surface area contributed by atoms with Crippen molar-refractivity contribution in [1.29, 1.82) is 0 Å². The lowest BCUT2D eigenvalue weighted by Gasteiger charge is -2.22. The highest BCUT2D eigenvalue weighted by Gasteiger charge is 2.03. The van der Waals surface area contributed by atoms with Crippen molar-refractivity contribution in [3.63, 3.8) is 0 Å².